The molecule has 3 aliphatic carbocycles. The van der Waals surface area contributed by atoms with Gasteiger partial charge in [0, 0.05) is 22.7 Å². The number of aliphatic hydroxyl groups excluding tert-OH is 3. The number of aliphatic hydroxyl groups is 4. The van der Waals surface area contributed by atoms with Crippen molar-refractivity contribution >= 4 is 50.8 Å². The van der Waals surface area contributed by atoms with Crippen molar-refractivity contribution in [3.63, 3.8) is 0 Å². The van der Waals surface area contributed by atoms with Gasteiger partial charge in [-0.15, -0.1) is 0 Å². The Labute approximate surface area is 212 Å². The van der Waals surface area contributed by atoms with Gasteiger partial charge in [0.1, 0.15) is 22.8 Å². The van der Waals surface area contributed by atoms with Crippen LogP contribution in [0.3, 0.4) is 0 Å². The number of phenols is 1. The Morgan fingerprint density at radius 1 is 1.08 bits per heavy atom. The molecular weight excluding hydrogens is 534 g/mol. The van der Waals surface area contributed by atoms with Crippen LogP contribution >= 0.6 is 15.9 Å². The molecule has 9 nitrogen and oxygen atoms in total. The van der Waals surface area contributed by atoms with Gasteiger partial charge in [0.2, 0.25) is 5.78 Å². The summed E-state index contributed by atoms with van der Waals surface area (Å²) in [5.41, 5.74) is 2.16. The fraction of sp³-hybridized carbons (Fsp3) is 0.192. The lowest BCUT2D eigenvalue weighted by molar-refractivity contribution is -0.157. The molecule has 0 radical (unpaired) electrons. The molecule has 5 rings (SSSR count). The average molecular weight is 554 g/mol. The van der Waals surface area contributed by atoms with E-state index in [0.717, 1.165) is 4.47 Å². The van der Waals surface area contributed by atoms with Gasteiger partial charge in [-0.05, 0) is 34.9 Å². The van der Waals surface area contributed by atoms with Crippen LogP contribution in [0.5, 0.6) is 5.75 Å². The van der Waals surface area contributed by atoms with Gasteiger partial charge in [-0.2, -0.15) is 0 Å². The summed E-state index contributed by atoms with van der Waals surface area (Å²) in [6, 6.07) is 11.5. The number of carbonyl (C=O) groups is 3. The Kier molecular flexibility index (Phi) is 5.43. The van der Waals surface area contributed by atoms with E-state index < -0.39 is 70.1 Å². The zero-order valence-electron chi connectivity index (χ0n) is 18.5. The summed E-state index contributed by atoms with van der Waals surface area (Å²) in [6.07, 6.45) is -0.630. The molecule has 4 atom stereocenters. The highest BCUT2D eigenvalue weighted by atomic mass is 79.9. The zero-order valence-corrected chi connectivity index (χ0v) is 20.1. The Morgan fingerprint density at radius 2 is 1.75 bits per heavy atom. The third-order valence-corrected chi connectivity index (χ3v) is 7.62. The lowest BCUT2D eigenvalue weighted by Gasteiger charge is -2.49. The molecule has 0 aromatic heterocycles. The van der Waals surface area contributed by atoms with Gasteiger partial charge >= 0.3 is 0 Å². The maximum Gasteiger partial charge on any atom is 0.255 e. The minimum Gasteiger partial charge on any atom is -0.508 e. The SMILES string of the molecule is NC(=O)C1=C(O)C2(O)C(=O)C3=C(O)c4c(O)cccc4/C(=C\c4ccc(Br)cc4)C3C(O)C2CC1=O. The number of aromatic hydroxyl groups is 1. The van der Waals surface area contributed by atoms with E-state index >= 15 is 0 Å². The first-order chi connectivity index (χ1) is 17.0. The highest BCUT2D eigenvalue weighted by Gasteiger charge is 2.64. The molecule has 1 fully saturated rings. The second kappa shape index (κ2) is 8.16. The Hall–Kier alpha value is -3.73. The van der Waals surface area contributed by atoms with Crippen molar-refractivity contribution in [2.24, 2.45) is 17.6 Å². The molecule has 4 unspecified atom stereocenters. The standard InChI is InChI=1S/C26H20BrNO8/c27-11-6-4-10(5-7-11)8-13-12-2-1-3-15(29)17(12)22(32)20-18(13)21(31)14-9-16(30)19(25(28)35)23(33)26(14,36)24(20)34/h1-8,14,18,21,29,31-33,36H,9H2,(H2,28,35)/b13-8+. The number of primary amides is 1. The number of benzene rings is 2. The van der Waals surface area contributed by atoms with Crippen LogP contribution in [0.15, 0.2) is 63.8 Å². The molecule has 2 aromatic carbocycles. The van der Waals surface area contributed by atoms with Gasteiger partial charge in [0.15, 0.2) is 11.4 Å². The summed E-state index contributed by atoms with van der Waals surface area (Å²) in [6.45, 7) is 0. The molecule has 0 spiro atoms. The summed E-state index contributed by atoms with van der Waals surface area (Å²) in [5, 5.41) is 55.3. The van der Waals surface area contributed by atoms with Gasteiger partial charge < -0.3 is 31.3 Å². The second-order valence-electron chi connectivity index (χ2n) is 9.00. The number of amides is 1. The van der Waals surface area contributed by atoms with Gasteiger partial charge in [-0.25, -0.2) is 0 Å². The number of halogens is 1. The molecule has 1 saturated carbocycles. The summed E-state index contributed by atoms with van der Waals surface area (Å²) in [7, 11) is 0. The lowest BCUT2D eigenvalue weighted by atomic mass is 9.56. The van der Waals surface area contributed by atoms with Crippen LogP contribution in [0.1, 0.15) is 23.1 Å². The predicted octanol–water partition coefficient (Wildman–Crippen LogP) is 2.16. The van der Waals surface area contributed by atoms with Crippen LogP contribution in [0.2, 0.25) is 0 Å². The van der Waals surface area contributed by atoms with Crippen molar-refractivity contribution in [1.82, 2.24) is 0 Å². The fourth-order valence-corrected chi connectivity index (χ4v) is 5.69. The van der Waals surface area contributed by atoms with E-state index in [1.54, 1.807) is 36.4 Å². The lowest BCUT2D eigenvalue weighted by Crippen LogP contribution is -2.63. The molecule has 0 heterocycles. The predicted molar refractivity (Wildman–Crippen MR) is 131 cm³/mol. The molecule has 184 valence electrons. The first-order valence-electron chi connectivity index (χ1n) is 10.9. The smallest absolute Gasteiger partial charge is 0.255 e. The normalized spacial score (nSPS) is 28.6. The van der Waals surface area contributed by atoms with Crippen molar-refractivity contribution in [2.45, 2.75) is 18.1 Å². The molecule has 1 amide bonds. The van der Waals surface area contributed by atoms with E-state index in [-0.39, 0.29) is 11.3 Å². The molecule has 2 aromatic rings. The number of phenolic OH excluding ortho intramolecular Hbond substituents is 1. The molecule has 3 aliphatic rings. The summed E-state index contributed by atoms with van der Waals surface area (Å²) < 4.78 is 0.816. The number of fused-ring (bicyclic) bond motifs is 3. The van der Waals surface area contributed by atoms with E-state index in [9.17, 15) is 39.9 Å². The van der Waals surface area contributed by atoms with Gasteiger partial charge in [0.25, 0.3) is 5.91 Å². The van der Waals surface area contributed by atoms with Crippen molar-refractivity contribution in [1.29, 1.82) is 0 Å². The summed E-state index contributed by atoms with van der Waals surface area (Å²) >= 11 is 3.36. The Bertz CT molecular complexity index is 1450. The third-order valence-electron chi connectivity index (χ3n) is 7.09. The maximum atomic E-state index is 13.8. The molecule has 36 heavy (non-hydrogen) atoms. The first-order valence-corrected chi connectivity index (χ1v) is 11.7. The number of carbonyl (C=O) groups excluding carboxylic acids is 3. The van der Waals surface area contributed by atoms with E-state index in [0.29, 0.717) is 16.7 Å². The second-order valence-corrected chi connectivity index (χ2v) is 9.91. The topological polar surface area (TPSA) is 178 Å². The first kappa shape index (κ1) is 24.0. The molecule has 0 saturated heterocycles. The average Bonchev–Trinajstić information content (AvgIpc) is 2.82. The van der Waals surface area contributed by atoms with Crippen LogP contribution < -0.4 is 5.73 Å². The highest BCUT2D eigenvalue weighted by Crippen LogP contribution is 2.55. The van der Waals surface area contributed by atoms with Gasteiger partial charge in [-0.1, -0.05) is 46.3 Å². The quantitative estimate of drug-likeness (QED) is 0.306. The van der Waals surface area contributed by atoms with Gasteiger partial charge in [0.05, 0.1) is 17.2 Å². The van der Waals surface area contributed by atoms with E-state index in [2.05, 4.69) is 15.9 Å². The molecule has 10 heteroatoms. The minimum absolute atomic E-state index is 0.0970. The summed E-state index contributed by atoms with van der Waals surface area (Å²) in [4.78, 5) is 38.2. The number of Topliss-reactive ketones (excluding diaryl/α,β-unsaturated/α-hetero) is 2. The van der Waals surface area contributed by atoms with Crippen LogP contribution in [-0.4, -0.2) is 54.7 Å². The summed E-state index contributed by atoms with van der Waals surface area (Å²) in [5.74, 6) is -8.54. The van der Waals surface area contributed by atoms with Crippen molar-refractivity contribution in [3.8, 4) is 5.75 Å². The largest absolute Gasteiger partial charge is 0.508 e. The monoisotopic (exact) mass is 553 g/mol. The maximum absolute atomic E-state index is 13.8. The number of ketones is 2. The molecule has 0 aliphatic heterocycles. The van der Waals surface area contributed by atoms with Crippen LogP contribution in [0.4, 0.5) is 0 Å². The van der Waals surface area contributed by atoms with Crippen LogP contribution in [-0.2, 0) is 14.4 Å². The van der Waals surface area contributed by atoms with Crippen molar-refractivity contribution in [3.05, 3.63) is 80.5 Å². The van der Waals surface area contributed by atoms with E-state index in [4.69, 9.17) is 5.73 Å². The number of nitrogens with two attached hydrogens (primary N) is 1. The zero-order chi connectivity index (χ0) is 26.1. The molecule has 0 bridgehead atoms. The minimum atomic E-state index is -2.89. The molecular formula is C26H20BrNO8. The van der Waals surface area contributed by atoms with E-state index in [1.807, 2.05) is 0 Å². The number of rotatable bonds is 2. The Balaban J connectivity index is 1.81. The number of hydrogen-bond acceptors (Lipinski definition) is 8. The van der Waals surface area contributed by atoms with Crippen molar-refractivity contribution in [2.75, 3.05) is 0 Å². The highest BCUT2D eigenvalue weighted by molar-refractivity contribution is 9.10. The Morgan fingerprint density at radius 3 is 2.39 bits per heavy atom. The number of hydrogen-bond donors (Lipinski definition) is 6. The third kappa shape index (κ3) is 3.18. The fourth-order valence-electron chi connectivity index (χ4n) is 5.43. The van der Waals surface area contributed by atoms with Crippen molar-refractivity contribution < 1.29 is 39.9 Å². The van der Waals surface area contributed by atoms with Crippen LogP contribution in [0, 0.1) is 11.8 Å². The van der Waals surface area contributed by atoms with Crippen LogP contribution in [0.25, 0.3) is 17.4 Å². The van der Waals surface area contributed by atoms with Gasteiger partial charge in [-0.3, -0.25) is 14.4 Å². The molecule has 7 N–H and O–H groups in total. The van der Waals surface area contributed by atoms with E-state index in [1.165, 1.54) is 12.1 Å².